The molecule has 0 unspecified atom stereocenters. The standard InChI is InChI=1S/C20H14N2O/c23-22-14-4-2-12-19(22)17-10-6-8-15-7-5-9-16(20(15)17)18-11-1-3-13-21-18/h1-14H. The van der Waals surface area contributed by atoms with Gasteiger partial charge in [0, 0.05) is 29.3 Å². The van der Waals surface area contributed by atoms with Crippen molar-refractivity contribution < 1.29 is 4.73 Å². The van der Waals surface area contributed by atoms with Gasteiger partial charge >= 0.3 is 0 Å². The van der Waals surface area contributed by atoms with E-state index < -0.39 is 0 Å². The largest absolute Gasteiger partial charge is 0.618 e. The number of aromatic nitrogens is 2. The summed E-state index contributed by atoms with van der Waals surface area (Å²) >= 11 is 0. The van der Waals surface area contributed by atoms with Crippen LogP contribution in [0.3, 0.4) is 0 Å². The second-order valence-electron chi connectivity index (χ2n) is 5.34. The molecular formula is C20H14N2O. The van der Waals surface area contributed by atoms with Crippen LogP contribution in [0.25, 0.3) is 33.3 Å². The van der Waals surface area contributed by atoms with Crippen molar-refractivity contribution >= 4 is 10.8 Å². The minimum atomic E-state index is 0.640. The molecule has 2 aromatic carbocycles. The van der Waals surface area contributed by atoms with Crippen LogP contribution in [-0.2, 0) is 0 Å². The van der Waals surface area contributed by atoms with E-state index in [1.54, 1.807) is 12.3 Å². The van der Waals surface area contributed by atoms with Crippen molar-refractivity contribution in [1.29, 1.82) is 0 Å². The van der Waals surface area contributed by atoms with E-state index in [0.717, 1.165) is 32.3 Å². The summed E-state index contributed by atoms with van der Waals surface area (Å²) in [5.74, 6) is 0. The summed E-state index contributed by atoms with van der Waals surface area (Å²) in [6.07, 6.45) is 3.31. The van der Waals surface area contributed by atoms with E-state index >= 15 is 0 Å². The van der Waals surface area contributed by atoms with Crippen LogP contribution in [0.1, 0.15) is 0 Å². The topological polar surface area (TPSA) is 39.8 Å². The lowest BCUT2D eigenvalue weighted by Gasteiger charge is -2.11. The van der Waals surface area contributed by atoms with Gasteiger partial charge < -0.3 is 5.21 Å². The molecule has 3 heteroatoms. The third-order valence-corrected chi connectivity index (χ3v) is 3.95. The first-order valence-electron chi connectivity index (χ1n) is 7.46. The second-order valence-corrected chi connectivity index (χ2v) is 5.34. The third-order valence-electron chi connectivity index (χ3n) is 3.95. The molecule has 2 heterocycles. The van der Waals surface area contributed by atoms with Crippen LogP contribution in [-0.4, -0.2) is 4.98 Å². The van der Waals surface area contributed by atoms with Crippen molar-refractivity contribution in [2.24, 2.45) is 0 Å². The average Bonchev–Trinajstić information content (AvgIpc) is 2.62. The monoisotopic (exact) mass is 298 g/mol. The normalized spacial score (nSPS) is 10.8. The highest BCUT2D eigenvalue weighted by molar-refractivity contribution is 6.04. The van der Waals surface area contributed by atoms with Crippen molar-refractivity contribution in [3.63, 3.8) is 0 Å². The van der Waals surface area contributed by atoms with Gasteiger partial charge in [-0.15, -0.1) is 0 Å². The molecule has 4 rings (SSSR count). The number of pyridine rings is 2. The summed E-state index contributed by atoms with van der Waals surface area (Å²) in [5, 5.41) is 14.4. The molecule has 110 valence electrons. The lowest BCUT2D eigenvalue weighted by Crippen LogP contribution is -2.27. The molecule has 0 spiro atoms. The van der Waals surface area contributed by atoms with Crippen LogP contribution in [0.2, 0.25) is 0 Å². The minimum Gasteiger partial charge on any atom is -0.618 e. The highest BCUT2D eigenvalue weighted by Crippen LogP contribution is 2.34. The fraction of sp³-hybridized carbons (Fsp3) is 0. The Morgan fingerprint density at radius 3 is 2.26 bits per heavy atom. The van der Waals surface area contributed by atoms with Crippen LogP contribution >= 0.6 is 0 Å². The van der Waals surface area contributed by atoms with Gasteiger partial charge in [0.1, 0.15) is 0 Å². The van der Waals surface area contributed by atoms with Crippen LogP contribution < -0.4 is 4.73 Å². The fourth-order valence-corrected chi connectivity index (χ4v) is 2.93. The van der Waals surface area contributed by atoms with Crippen LogP contribution in [0, 0.1) is 5.21 Å². The molecule has 0 fully saturated rings. The molecule has 0 aliphatic carbocycles. The number of hydrogen-bond acceptors (Lipinski definition) is 2. The molecule has 0 aliphatic rings. The Balaban J connectivity index is 2.09. The van der Waals surface area contributed by atoms with Gasteiger partial charge in [-0.05, 0) is 29.7 Å². The summed E-state index contributed by atoms with van der Waals surface area (Å²) in [5.41, 5.74) is 3.49. The van der Waals surface area contributed by atoms with E-state index in [9.17, 15) is 5.21 Å². The Labute approximate surface area is 134 Å². The van der Waals surface area contributed by atoms with Crippen LogP contribution in [0.4, 0.5) is 0 Å². The summed E-state index contributed by atoms with van der Waals surface area (Å²) < 4.78 is 0.907. The van der Waals surface area contributed by atoms with Gasteiger partial charge in [-0.2, -0.15) is 4.73 Å². The molecule has 2 aromatic heterocycles. The van der Waals surface area contributed by atoms with Gasteiger partial charge in [0.05, 0.1) is 11.3 Å². The van der Waals surface area contributed by atoms with E-state index in [1.807, 2.05) is 54.6 Å². The van der Waals surface area contributed by atoms with Gasteiger partial charge in [0.2, 0.25) is 5.69 Å². The maximum Gasteiger partial charge on any atom is 0.224 e. The summed E-state index contributed by atoms with van der Waals surface area (Å²) in [6, 6.07) is 23.5. The summed E-state index contributed by atoms with van der Waals surface area (Å²) in [7, 11) is 0. The summed E-state index contributed by atoms with van der Waals surface area (Å²) in [4.78, 5) is 4.47. The zero-order valence-electron chi connectivity index (χ0n) is 12.4. The first-order valence-corrected chi connectivity index (χ1v) is 7.46. The molecule has 3 nitrogen and oxygen atoms in total. The van der Waals surface area contributed by atoms with E-state index in [1.165, 1.54) is 6.20 Å². The van der Waals surface area contributed by atoms with E-state index in [2.05, 4.69) is 17.1 Å². The molecule has 23 heavy (non-hydrogen) atoms. The Hall–Kier alpha value is -3.20. The van der Waals surface area contributed by atoms with Crippen LogP contribution in [0.15, 0.2) is 85.2 Å². The number of benzene rings is 2. The SMILES string of the molecule is [O-][n+]1ccccc1-c1cccc2cccc(-c3ccccn3)c12. The highest BCUT2D eigenvalue weighted by atomic mass is 16.5. The molecule has 0 atom stereocenters. The van der Waals surface area contributed by atoms with Crippen molar-refractivity contribution in [2.45, 2.75) is 0 Å². The number of fused-ring (bicyclic) bond motifs is 1. The quantitative estimate of drug-likeness (QED) is 0.411. The Morgan fingerprint density at radius 2 is 1.52 bits per heavy atom. The zero-order chi connectivity index (χ0) is 15.6. The molecular weight excluding hydrogens is 284 g/mol. The predicted molar refractivity (Wildman–Crippen MR) is 91.6 cm³/mol. The predicted octanol–water partition coefficient (Wildman–Crippen LogP) is 4.20. The van der Waals surface area contributed by atoms with Crippen LogP contribution in [0.5, 0.6) is 0 Å². The lowest BCUT2D eigenvalue weighted by atomic mass is 9.95. The Bertz CT molecular complexity index is 976. The van der Waals surface area contributed by atoms with Gasteiger partial charge in [-0.25, -0.2) is 0 Å². The maximum absolute atomic E-state index is 12.2. The van der Waals surface area contributed by atoms with Gasteiger partial charge in [-0.3, -0.25) is 4.98 Å². The molecule has 0 radical (unpaired) electrons. The number of rotatable bonds is 2. The van der Waals surface area contributed by atoms with E-state index in [0.29, 0.717) is 5.69 Å². The van der Waals surface area contributed by atoms with E-state index in [-0.39, 0.29) is 0 Å². The first kappa shape index (κ1) is 13.5. The second kappa shape index (κ2) is 5.54. The van der Waals surface area contributed by atoms with Gasteiger partial charge in [-0.1, -0.05) is 36.4 Å². The first-order chi connectivity index (χ1) is 11.3. The van der Waals surface area contributed by atoms with Crippen molar-refractivity contribution in [2.75, 3.05) is 0 Å². The molecule has 0 amide bonds. The third kappa shape index (κ3) is 2.32. The van der Waals surface area contributed by atoms with Gasteiger partial charge in [0.25, 0.3) is 0 Å². The lowest BCUT2D eigenvalue weighted by molar-refractivity contribution is -0.593. The number of hydrogen-bond donors (Lipinski definition) is 0. The smallest absolute Gasteiger partial charge is 0.224 e. The molecule has 0 bridgehead atoms. The molecule has 0 N–H and O–H groups in total. The Morgan fingerprint density at radius 1 is 0.739 bits per heavy atom. The van der Waals surface area contributed by atoms with Crippen molar-refractivity contribution in [1.82, 2.24) is 4.98 Å². The minimum absolute atomic E-state index is 0.640. The Kier molecular flexibility index (Phi) is 3.24. The fourth-order valence-electron chi connectivity index (χ4n) is 2.93. The average molecular weight is 298 g/mol. The molecule has 0 aliphatic heterocycles. The maximum atomic E-state index is 12.2. The highest BCUT2D eigenvalue weighted by Gasteiger charge is 2.15. The molecule has 4 aromatic rings. The number of nitrogens with zero attached hydrogens (tertiary/aromatic N) is 2. The molecule has 0 saturated heterocycles. The summed E-state index contributed by atoms with van der Waals surface area (Å²) in [6.45, 7) is 0. The van der Waals surface area contributed by atoms with E-state index in [4.69, 9.17) is 0 Å². The zero-order valence-corrected chi connectivity index (χ0v) is 12.4. The van der Waals surface area contributed by atoms with Crippen molar-refractivity contribution in [3.05, 3.63) is 90.4 Å². The molecule has 0 saturated carbocycles. The van der Waals surface area contributed by atoms with Gasteiger partial charge in [0.15, 0.2) is 6.20 Å². The van der Waals surface area contributed by atoms with Crippen molar-refractivity contribution in [3.8, 4) is 22.5 Å².